The van der Waals surface area contributed by atoms with E-state index in [4.69, 9.17) is 4.74 Å². The van der Waals surface area contributed by atoms with Gasteiger partial charge in [-0.05, 0) is 36.6 Å². The minimum absolute atomic E-state index is 0.0507. The molecule has 34 heavy (non-hydrogen) atoms. The molecule has 2 atom stereocenters. The number of amides is 2. The predicted molar refractivity (Wildman–Crippen MR) is 128 cm³/mol. The van der Waals surface area contributed by atoms with E-state index in [0.29, 0.717) is 31.7 Å². The molecule has 8 heteroatoms. The molecule has 0 aliphatic carbocycles. The third-order valence-electron chi connectivity index (χ3n) is 6.34. The van der Waals surface area contributed by atoms with Gasteiger partial charge in [0.15, 0.2) is 0 Å². The molecule has 0 spiro atoms. The number of nitrogens with one attached hydrogen (secondary N) is 1. The fourth-order valence-electron chi connectivity index (χ4n) is 4.54. The van der Waals surface area contributed by atoms with Crippen molar-refractivity contribution in [1.29, 1.82) is 0 Å². The van der Waals surface area contributed by atoms with Gasteiger partial charge in [0.1, 0.15) is 18.4 Å². The summed E-state index contributed by atoms with van der Waals surface area (Å²) in [6.45, 7) is 3.14. The lowest BCUT2D eigenvalue weighted by atomic mass is 9.83. The van der Waals surface area contributed by atoms with Gasteiger partial charge >= 0.3 is 0 Å². The molecule has 1 aromatic heterocycles. The summed E-state index contributed by atoms with van der Waals surface area (Å²) < 4.78 is 7.29. The van der Waals surface area contributed by atoms with E-state index < -0.39 is 0 Å². The maximum absolute atomic E-state index is 13.4. The average molecular weight is 462 g/mol. The number of hydrogen-bond acceptors (Lipinski definition) is 5. The van der Waals surface area contributed by atoms with Crippen LogP contribution >= 0.6 is 0 Å². The SMILES string of the molecule is CCCCN1C(=O)CCC(C(=O)NCc2ccc(-n3cncn3)cc2)C1c1ccccc1OC. The lowest BCUT2D eigenvalue weighted by molar-refractivity contribution is -0.143. The van der Waals surface area contributed by atoms with Crippen molar-refractivity contribution in [2.24, 2.45) is 5.92 Å². The number of methoxy groups -OCH3 is 1. The molecule has 0 bridgehead atoms. The van der Waals surface area contributed by atoms with Gasteiger partial charge in [-0.1, -0.05) is 43.7 Å². The van der Waals surface area contributed by atoms with Crippen molar-refractivity contribution in [2.45, 2.75) is 45.2 Å². The number of unbranched alkanes of at least 4 members (excludes halogenated alkanes) is 1. The van der Waals surface area contributed by atoms with Crippen LogP contribution in [0.25, 0.3) is 5.69 Å². The van der Waals surface area contributed by atoms with Crippen LogP contribution in [0, 0.1) is 5.92 Å². The first-order chi connectivity index (χ1) is 16.6. The monoisotopic (exact) mass is 461 g/mol. The minimum atomic E-state index is -0.348. The Morgan fingerprint density at radius 3 is 2.68 bits per heavy atom. The maximum atomic E-state index is 13.4. The molecular weight excluding hydrogens is 430 g/mol. The average Bonchev–Trinajstić information content (AvgIpc) is 3.42. The number of rotatable bonds is 9. The van der Waals surface area contributed by atoms with Crippen LogP contribution in [0.5, 0.6) is 5.75 Å². The molecule has 2 heterocycles. The van der Waals surface area contributed by atoms with E-state index in [1.54, 1.807) is 18.1 Å². The Morgan fingerprint density at radius 2 is 1.97 bits per heavy atom. The highest BCUT2D eigenvalue weighted by Gasteiger charge is 2.41. The highest BCUT2D eigenvalue weighted by Crippen LogP contribution is 2.40. The zero-order chi connectivity index (χ0) is 23.9. The van der Waals surface area contributed by atoms with E-state index in [9.17, 15) is 9.59 Å². The molecule has 2 aromatic carbocycles. The van der Waals surface area contributed by atoms with E-state index in [0.717, 1.165) is 29.7 Å². The Bertz CT molecular complexity index is 1100. The zero-order valence-electron chi connectivity index (χ0n) is 19.7. The highest BCUT2D eigenvalue weighted by atomic mass is 16.5. The third-order valence-corrected chi connectivity index (χ3v) is 6.34. The van der Waals surface area contributed by atoms with Crippen molar-refractivity contribution in [3.8, 4) is 11.4 Å². The van der Waals surface area contributed by atoms with E-state index in [1.165, 1.54) is 6.33 Å². The zero-order valence-corrected chi connectivity index (χ0v) is 19.7. The Morgan fingerprint density at radius 1 is 1.18 bits per heavy atom. The molecule has 1 aliphatic rings. The van der Waals surface area contributed by atoms with Crippen molar-refractivity contribution in [2.75, 3.05) is 13.7 Å². The summed E-state index contributed by atoms with van der Waals surface area (Å²) in [6, 6.07) is 15.2. The molecule has 178 valence electrons. The second-order valence-corrected chi connectivity index (χ2v) is 8.50. The molecule has 1 N–H and O–H groups in total. The molecular formula is C26H31N5O3. The molecule has 1 fully saturated rings. The maximum Gasteiger partial charge on any atom is 0.225 e. The summed E-state index contributed by atoms with van der Waals surface area (Å²) in [7, 11) is 1.62. The van der Waals surface area contributed by atoms with Gasteiger partial charge in [0.25, 0.3) is 0 Å². The summed E-state index contributed by atoms with van der Waals surface area (Å²) in [4.78, 5) is 32.2. The van der Waals surface area contributed by atoms with Crippen LogP contribution in [0.4, 0.5) is 0 Å². The fourth-order valence-corrected chi connectivity index (χ4v) is 4.54. The van der Waals surface area contributed by atoms with Crippen LogP contribution in [-0.4, -0.2) is 45.1 Å². The lowest BCUT2D eigenvalue weighted by Gasteiger charge is -2.41. The van der Waals surface area contributed by atoms with Crippen LogP contribution in [0.2, 0.25) is 0 Å². The van der Waals surface area contributed by atoms with Crippen molar-refractivity contribution < 1.29 is 14.3 Å². The van der Waals surface area contributed by atoms with Gasteiger partial charge in [-0.15, -0.1) is 0 Å². The second-order valence-electron chi connectivity index (χ2n) is 8.50. The molecule has 1 aliphatic heterocycles. The van der Waals surface area contributed by atoms with Gasteiger partial charge in [0.05, 0.1) is 24.8 Å². The molecule has 2 unspecified atom stereocenters. The molecule has 1 saturated heterocycles. The number of likely N-dealkylation sites (tertiary alicyclic amines) is 1. The Hall–Kier alpha value is -3.68. The number of para-hydroxylation sites is 1. The topological polar surface area (TPSA) is 89.4 Å². The first kappa shape index (κ1) is 23.5. The van der Waals surface area contributed by atoms with Crippen molar-refractivity contribution >= 4 is 11.8 Å². The minimum Gasteiger partial charge on any atom is -0.496 e. The molecule has 0 radical (unpaired) electrons. The molecule has 2 amide bonds. The Kier molecular flexibility index (Phi) is 7.57. The fraction of sp³-hybridized carbons (Fsp3) is 0.385. The summed E-state index contributed by atoms with van der Waals surface area (Å²) >= 11 is 0. The number of ether oxygens (including phenoxy) is 1. The number of benzene rings is 2. The van der Waals surface area contributed by atoms with Gasteiger partial charge in [-0.25, -0.2) is 9.67 Å². The molecule has 0 saturated carbocycles. The van der Waals surface area contributed by atoms with Gasteiger partial charge < -0.3 is 15.0 Å². The largest absolute Gasteiger partial charge is 0.496 e. The quantitative estimate of drug-likeness (QED) is 0.525. The summed E-state index contributed by atoms with van der Waals surface area (Å²) in [5.41, 5.74) is 2.77. The third kappa shape index (κ3) is 5.11. The van der Waals surface area contributed by atoms with Crippen molar-refractivity contribution in [3.05, 3.63) is 72.3 Å². The first-order valence-electron chi connectivity index (χ1n) is 11.8. The summed E-state index contributed by atoms with van der Waals surface area (Å²) in [6.07, 6.45) is 5.89. The number of nitrogens with zero attached hydrogens (tertiary/aromatic N) is 4. The van der Waals surface area contributed by atoms with Gasteiger partial charge in [-0.3, -0.25) is 9.59 Å². The highest BCUT2D eigenvalue weighted by molar-refractivity contribution is 5.85. The Labute approximate surface area is 199 Å². The lowest BCUT2D eigenvalue weighted by Crippen LogP contribution is -2.48. The smallest absolute Gasteiger partial charge is 0.225 e. The molecule has 4 rings (SSSR count). The summed E-state index contributed by atoms with van der Waals surface area (Å²) in [5, 5.41) is 7.23. The van der Waals surface area contributed by atoms with Crippen molar-refractivity contribution in [1.82, 2.24) is 25.0 Å². The normalized spacial score (nSPS) is 18.1. The number of piperidine rings is 1. The van der Waals surface area contributed by atoms with E-state index in [-0.39, 0.29) is 23.8 Å². The summed E-state index contributed by atoms with van der Waals surface area (Å²) in [5.74, 6) is 0.396. The van der Waals surface area contributed by atoms with Gasteiger partial charge in [-0.2, -0.15) is 5.10 Å². The predicted octanol–water partition coefficient (Wildman–Crippen LogP) is 3.67. The molecule has 8 nitrogen and oxygen atoms in total. The van der Waals surface area contributed by atoms with Crippen LogP contribution in [0.15, 0.2) is 61.2 Å². The number of carbonyl (C=O) groups excluding carboxylic acids is 2. The number of aromatic nitrogens is 3. The van der Waals surface area contributed by atoms with Crippen LogP contribution < -0.4 is 10.1 Å². The Balaban J connectivity index is 1.52. The molecule has 3 aromatic rings. The van der Waals surface area contributed by atoms with E-state index in [1.807, 2.05) is 53.4 Å². The van der Waals surface area contributed by atoms with Gasteiger partial charge in [0, 0.05) is 25.1 Å². The van der Waals surface area contributed by atoms with E-state index in [2.05, 4.69) is 22.3 Å². The number of carbonyl (C=O) groups is 2. The number of hydrogen-bond donors (Lipinski definition) is 1. The second kappa shape index (κ2) is 11.0. The van der Waals surface area contributed by atoms with Crippen molar-refractivity contribution in [3.63, 3.8) is 0 Å². The van der Waals surface area contributed by atoms with Crippen LogP contribution in [0.3, 0.4) is 0 Å². The first-order valence-corrected chi connectivity index (χ1v) is 11.8. The standard InChI is InChI=1S/C26H31N5O3/c1-3-4-15-30-24(32)14-13-22(25(30)21-7-5-6-8-23(21)34-2)26(33)28-16-19-9-11-20(12-10-19)31-18-27-17-29-31/h5-12,17-18,22,25H,3-4,13-16H2,1-2H3,(H,28,33). The van der Waals surface area contributed by atoms with Gasteiger partial charge in [0.2, 0.25) is 11.8 Å². The van der Waals surface area contributed by atoms with E-state index >= 15 is 0 Å². The van der Waals surface area contributed by atoms with Crippen LogP contribution in [0.1, 0.15) is 49.8 Å². The van der Waals surface area contributed by atoms with Crippen LogP contribution in [-0.2, 0) is 16.1 Å².